The number of hydrogen-bond acceptors (Lipinski definition) is 3. The zero-order valence-corrected chi connectivity index (χ0v) is 10.5. The van der Waals surface area contributed by atoms with Gasteiger partial charge in [0.1, 0.15) is 12.2 Å². The fourth-order valence-electron chi connectivity index (χ4n) is 1.96. The Morgan fingerprint density at radius 3 is 2.88 bits per heavy atom. The Morgan fingerprint density at radius 2 is 2.25 bits per heavy atom. The number of aromatic nitrogens is 3. The average Bonchev–Trinajstić information content (AvgIpc) is 2.96. The first-order valence-corrected chi connectivity index (χ1v) is 6.33. The molecule has 2 rings (SSSR count). The van der Waals surface area contributed by atoms with Gasteiger partial charge in [-0.3, -0.25) is 4.68 Å². The molecule has 4 heteroatoms. The summed E-state index contributed by atoms with van der Waals surface area (Å²) in [5.41, 5.74) is 0. The second-order valence-electron chi connectivity index (χ2n) is 4.90. The van der Waals surface area contributed by atoms with Gasteiger partial charge in [-0.1, -0.05) is 6.92 Å². The third-order valence-corrected chi connectivity index (χ3v) is 3.43. The van der Waals surface area contributed by atoms with E-state index in [0.717, 1.165) is 24.8 Å². The van der Waals surface area contributed by atoms with E-state index in [1.165, 1.54) is 12.8 Å². The molecule has 4 nitrogen and oxygen atoms in total. The quantitative estimate of drug-likeness (QED) is 0.795. The van der Waals surface area contributed by atoms with E-state index >= 15 is 0 Å². The van der Waals surface area contributed by atoms with Crippen LogP contribution < -0.4 is 5.32 Å². The molecule has 1 fully saturated rings. The van der Waals surface area contributed by atoms with Gasteiger partial charge in [-0.25, -0.2) is 4.98 Å². The van der Waals surface area contributed by atoms with E-state index in [-0.39, 0.29) is 0 Å². The Labute approximate surface area is 97.5 Å². The van der Waals surface area contributed by atoms with Gasteiger partial charge in [0.15, 0.2) is 0 Å². The van der Waals surface area contributed by atoms with Gasteiger partial charge in [0.25, 0.3) is 0 Å². The highest BCUT2D eigenvalue weighted by molar-refractivity contribution is 4.91. The minimum Gasteiger partial charge on any atom is -0.311 e. The van der Waals surface area contributed by atoms with Crippen LogP contribution in [0.25, 0.3) is 0 Å². The summed E-state index contributed by atoms with van der Waals surface area (Å²) >= 11 is 0. The lowest BCUT2D eigenvalue weighted by Gasteiger charge is -2.20. The second-order valence-corrected chi connectivity index (χ2v) is 4.90. The summed E-state index contributed by atoms with van der Waals surface area (Å²) in [6, 6.07) is 1.34. The van der Waals surface area contributed by atoms with Gasteiger partial charge in [0.05, 0.1) is 0 Å². The first-order chi connectivity index (χ1) is 7.70. The zero-order valence-electron chi connectivity index (χ0n) is 10.5. The van der Waals surface area contributed by atoms with Crippen molar-refractivity contribution in [3.05, 3.63) is 12.2 Å². The summed E-state index contributed by atoms with van der Waals surface area (Å²) in [5.74, 6) is 1.72. The smallest absolute Gasteiger partial charge is 0.138 e. The fourth-order valence-corrected chi connectivity index (χ4v) is 1.96. The summed E-state index contributed by atoms with van der Waals surface area (Å²) in [6.07, 6.45) is 5.36. The van der Waals surface area contributed by atoms with Crippen LogP contribution in [0.4, 0.5) is 0 Å². The minimum atomic E-state index is 0.564. The van der Waals surface area contributed by atoms with Crippen LogP contribution in [0.5, 0.6) is 0 Å². The average molecular weight is 222 g/mol. The predicted octanol–water partition coefficient (Wildman–Crippen LogP) is 1.62. The maximum Gasteiger partial charge on any atom is 0.138 e. The van der Waals surface area contributed by atoms with E-state index < -0.39 is 0 Å². The zero-order chi connectivity index (χ0) is 11.5. The van der Waals surface area contributed by atoms with E-state index in [4.69, 9.17) is 0 Å². The van der Waals surface area contributed by atoms with Crippen LogP contribution in [-0.4, -0.2) is 26.8 Å². The van der Waals surface area contributed by atoms with Crippen LogP contribution in [0.2, 0.25) is 0 Å². The first kappa shape index (κ1) is 11.6. The Kier molecular flexibility index (Phi) is 3.59. The monoisotopic (exact) mass is 222 g/mol. The summed E-state index contributed by atoms with van der Waals surface area (Å²) in [4.78, 5) is 4.33. The van der Waals surface area contributed by atoms with Gasteiger partial charge in [-0.05, 0) is 32.6 Å². The van der Waals surface area contributed by atoms with Crippen molar-refractivity contribution in [3.63, 3.8) is 0 Å². The van der Waals surface area contributed by atoms with E-state index in [1.807, 2.05) is 4.68 Å². The van der Waals surface area contributed by atoms with Gasteiger partial charge in [0.2, 0.25) is 0 Å². The lowest BCUT2D eigenvalue weighted by atomic mass is 9.99. The number of nitrogens with zero attached hydrogens (tertiary/aromatic N) is 3. The van der Waals surface area contributed by atoms with Gasteiger partial charge < -0.3 is 5.32 Å². The minimum absolute atomic E-state index is 0.564. The number of nitrogens with one attached hydrogen (secondary N) is 1. The molecule has 0 radical (unpaired) electrons. The van der Waals surface area contributed by atoms with Gasteiger partial charge in [-0.15, -0.1) is 0 Å². The van der Waals surface area contributed by atoms with Crippen molar-refractivity contribution in [2.45, 2.75) is 58.7 Å². The highest BCUT2D eigenvalue weighted by Crippen LogP contribution is 2.21. The first-order valence-electron chi connectivity index (χ1n) is 6.33. The molecule has 0 saturated heterocycles. The van der Waals surface area contributed by atoms with Crippen molar-refractivity contribution in [2.75, 3.05) is 0 Å². The van der Waals surface area contributed by atoms with Crippen LogP contribution in [0.3, 0.4) is 0 Å². The molecule has 0 aliphatic heterocycles. The molecule has 1 heterocycles. The molecule has 0 bridgehead atoms. The SMILES string of the molecule is CCn1ncnc1CC(C)C(C)NC1CC1. The Balaban J connectivity index is 1.87. The van der Waals surface area contributed by atoms with Gasteiger partial charge >= 0.3 is 0 Å². The highest BCUT2D eigenvalue weighted by atomic mass is 15.3. The Bertz CT molecular complexity index is 330. The predicted molar refractivity (Wildman–Crippen MR) is 64.2 cm³/mol. The standard InChI is InChI=1S/C12H22N4/c1-4-16-12(13-8-14-16)7-9(2)10(3)15-11-5-6-11/h8-11,15H,4-7H2,1-3H3. The van der Waals surface area contributed by atoms with Crippen LogP contribution in [-0.2, 0) is 13.0 Å². The second kappa shape index (κ2) is 4.95. The van der Waals surface area contributed by atoms with Crippen molar-refractivity contribution < 1.29 is 0 Å². The van der Waals surface area contributed by atoms with E-state index in [0.29, 0.717) is 12.0 Å². The highest BCUT2D eigenvalue weighted by Gasteiger charge is 2.25. The Hall–Kier alpha value is -0.900. The van der Waals surface area contributed by atoms with E-state index in [9.17, 15) is 0 Å². The van der Waals surface area contributed by atoms with Crippen LogP contribution in [0.15, 0.2) is 6.33 Å². The van der Waals surface area contributed by atoms with Gasteiger partial charge in [-0.2, -0.15) is 5.10 Å². The molecule has 90 valence electrons. The van der Waals surface area contributed by atoms with Crippen molar-refractivity contribution in [2.24, 2.45) is 5.92 Å². The third kappa shape index (κ3) is 2.82. The van der Waals surface area contributed by atoms with Crippen LogP contribution in [0.1, 0.15) is 39.4 Å². The molecular formula is C12H22N4. The van der Waals surface area contributed by atoms with Crippen molar-refractivity contribution in [3.8, 4) is 0 Å². The van der Waals surface area contributed by atoms with Crippen molar-refractivity contribution in [1.29, 1.82) is 0 Å². The molecule has 1 saturated carbocycles. The molecule has 16 heavy (non-hydrogen) atoms. The maximum atomic E-state index is 4.33. The largest absolute Gasteiger partial charge is 0.311 e. The van der Waals surface area contributed by atoms with Gasteiger partial charge in [0, 0.05) is 25.0 Å². The topological polar surface area (TPSA) is 42.7 Å². The molecule has 1 N–H and O–H groups in total. The number of rotatable bonds is 6. The summed E-state index contributed by atoms with van der Waals surface area (Å²) < 4.78 is 1.99. The molecule has 2 unspecified atom stereocenters. The van der Waals surface area contributed by atoms with Crippen molar-refractivity contribution >= 4 is 0 Å². The molecule has 1 aromatic rings. The normalized spacial score (nSPS) is 19.7. The molecule has 0 spiro atoms. The number of aryl methyl sites for hydroxylation is 1. The van der Waals surface area contributed by atoms with Crippen LogP contribution >= 0.6 is 0 Å². The lowest BCUT2D eigenvalue weighted by Crippen LogP contribution is -2.35. The van der Waals surface area contributed by atoms with Crippen LogP contribution in [0, 0.1) is 5.92 Å². The van der Waals surface area contributed by atoms with E-state index in [2.05, 4.69) is 36.2 Å². The molecule has 1 aliphatic rings. The molecular weight excluding hydrogens is 200 g/mol. The summed E-state index contributed by atoms with van der Waals surface area (Å²) in [5, 5.41) is 7.85. The van der Waals surface area contributed by atoms with E-state index in [1.54, 1.807) is 6.33 Å². The molecule has 0 aromatic carbocycles. The lowest BCUT2D eigenvalue weighted by molar-refractivity contribution is 0.383. The number of hydrogen-bond donors (Lipinski definition) is 1. The Morgan fingerprint density at radius 1 is 1.50 bits per heavy atom. The molecule has 1 aromatic heterocycles. The summed E-state index contributed by atoms with van der Waals surface area (Å²) in [7, 11) is 0. The fraction of sp³-hybridized carbons (Fsp3) is 0.833. The molecule has 1 aliphatic carbocycles. The third-order valence-electron chi connectivity index (χ3n) is 3.43. The summed E-state index contributed by atoms with van der Waals surface area (Å²) in [6.45, 7) is 7.57. The maximum absolute atomic E-state index is 4.33. The molecule has 2 atom stereocenters. The van der Waals surface area contributed by atoms with Crippen molar-refractivity contribution in [1.82, 2.24) is 20.1 Å². The molecule has 0 amide bonds.